The number of ketones is 1. The van der Waals surface area contributed by atoms with Gasteiger partial charge in [0.15, 0.2) is 5.78 Å². The number of pyridine rings is 2. The van der Waals surface area contributed by atoms with Crippen LogP contribution < -0.4 is 5.43 Å². The van der Waals surface area contributed by atoms with Crippen LogP contribution in [0.1, 0.15) is 38.4 Å². The standard InChI is InChI=1S/C25H21ClN2O2/c1-16-10-11-18(12-17(16)2)24(29)22-15-28(14-20-7-5-6-19(13-26)27-20)23-9-4-3-8-21(23)25(22)30/h3-12,15H,13-14H2,1-2H3. The summed E-state index contributed by atoms with van der Waals surface area (Å²) < 4.78 is 1.91. The van der Waals surface area contributed by atoms with Gasteiger partial charge in [-0.25, -0.2) is 0 Å². The van der Waals surface area contributed by atoms with Crippen LogP contribution >= 0.6 is 11.6 Å². The molecule has 0 bridgehead atoms. The number of halogens is 1. The second-order valence-corrected chi connectivity index (χ2v) is 7.67. The summed E-state index contributed by atoms with van der Waals surface area (Å²) in [4.78, 5) is 30.9. The lowest BCUT2D eigenvalue weighted by atomic mass is 9.99. The van der Waals surface area contributed by atoms with Crippen molar-refractivity contribution < 1.29 is 4.79 Å². The van der Waals surface area contributed by atoms with E-state index in [2.05, 4.69) is 4.98 Å². The van der Waals surface area contributed by atoms with Gasteiger partial charge in [0.25, 0.3) is 0 Å². The largest absolute Gasteiger partial charge is 0.340 e. The monoisotopic (exact) mass is 416 g/mol. The van der Waals surface area contributed by atoms with Crippen LogP contribution in [-0.4, -0.2) is 15.3 Å². The molecule has 0 unspecified atom stereocenters. The highest BCUT2D eigenvalue weighted by Crippen LogP contribution is 2.18. The normalized spacial score (nSPS) is 11.0. The summed E-state index contributed by atoms with van der Waals surface area (Å²) >= 11 is 5.92. The highest BCUT2D eigenvalue weighted by molar-refractivity contribution is 6.16. The Balaban J connectivity index is 1.86. The number of carbonyl (C=O) groups excluding carboxylic acids is 1. The van der Waals surface area contributed by atoms with Crippen molar-refractivity contribution in [2.24, 2.45) is 0 Å². The summed E-state index contributed by atoms with van der Waals surface area (Å²) in [5.41, 5.74) is 4.89. The third-order valence-corrected chi connectivity index (χ3v) is 5.61. The molecule has 0 aliphatic carbocycles. The molecule has 0 saturated heterocycles. The maximum atomic E-state index is 13.2. The Kier molecular flexibility index (Phi) is 5.51. The van der Waals surface area contributed by atoms with Crippen LogP contribution in [0.15, 0.2) is 71.7 Å². The lowest BCUT2D eigenvalue weighted by molar-refractivity contribution is 0.103. The first-order valence-corrected chi connectivity index (χ1v) is 10.3. The second-order valence-electron chi connectivity index (χ2n) is 7.40. The predicted molar refractivity (Wildman–Crippen MR) is 120 cm³/mol. The number of para-hydroxylation sites is 1. The van der Waals surface area contributed by atoms with Crippen molar-refractivity contribution in [2.75, 3.05) is 0 Å². The molecule has 2 heterocycles. The van der Waals surface area contributed by atoms with Gasteiger partial charge in [0, 0.05) is 17.1 Å². The summed E-state index contributed by atoms with van der Waals surface area (Å²) in [6.07, 6.45) is 1.65. The molecule has 0 aliphatic rings. The second kappa shape index (κ2) is 8.25. The Morgan fingerprint density at radius 3 is 2.50 bits per heavy atom. The van der Waals surface area contributed by atoms with Crippen LogP contribution in [0, 0.1) is 13.8 Å². The Hall–Kier alpha value is -3.24. The molecule has 30 heavy (non-hydrogen) atoms. The lowest BCUT2D eigenvalue weighted by Crippen LogP contribution is -2.20. The predicted octanol–water partition coefficient (Wildman–Crippen LogP) is 5.03. The molecule has 0 aliphatic heterocycles. The molecule has 0 atom stereocenters. The number of alkyl halides is 1. The minimum absolute atomic E-state index is 0.158. The average molecular weight is 417 g/mol. The maximum absolute atomic E-state index is 13.2. The molecular formula is C25H21ClN2O2. The van der Waals surface area contributed by atoms with Crippen molar-refractivity contribution in [3.63, 3.8) is 0 Å². The van der Waals surface area contributed by atoms with E-state index in [1.807, 2.05) is 66.9 Å². The van der Waals surface area contributed by atoms with Crippen LogP contribution in [0.4, 0.5) is 0 Å². The summed E-state index contributed by atoms with van der Waals surface area (Å²) in [5, 5.41) is 0.515. The molecule has 2 aromatic heterocycles. The van der Waals surface area contributed by atoms with E-state index in [0.717, 1.165) is 28.0 Å². The first kappa shape index (κ1) is 20.0. The van der Waals surface area contributed by atoms with Gasteiger partial charge in [0.1, 0.15) is 0 Å². The highest BCUT2D eigenvalue weighted by atomic mass is 35.5. The Labute approximate surface area is 179 Å². The number of aromatic nitrogens is 2. The van der Waals surface area contributed by atoms with Crippen LogP contribution in [0.2, 0.25) is 0 Å². The van der Waals surface area contributed by atoms with E-state index in [9.17, 15) is 9.59 Å². The van der Waals surface area contributed by atoms with Crippen molar-refractivity contribution in [1.29, 1.82) is 0 Å². The van der Waals surface area contributed by atoms with Crippen LogP contribution in [-0.2, 0) is 12.4 Å². The molecule has 0 spiro atoms. The number of fused-ring (bicyclic) bond motifs is 1. The molecule has 0 amide bonds. The van der Waals surface area contributed by atoms with E-state index in [-0.39, 0.29) is 16.8 Å². The van der Waals surface area contributed by atoms with Gasteiger partial charge in [-0.15, -0.1) is 11.6 Å². The first-order chi connectivity index (χ1) is 14.5. The molecule has 2 aromatic carbocycles. The minimum Gasteiger partial charge on any atom is -0.340 e. The number of carbonyl (C=O) groups is 1. The number of benzene rings is 2. The van der Waals surface area contributed by atoms with Crippen LogP contribution in [0.3, 0.4) is 0 Å². The molecular weight excluding hydrogens is 396 g/mol. The van der Waals surface area contributed by atoms with Crippen molar-refractivity contribution in [3.8, 4) is 0 Å². The SMILES string of the molecule is Cc1ccc(C(=O)c2cn(Cc3cccc(CCl)n3)c3ccccc3c2=O)cc1C. The van der Waals surface area contributed by atoms with Gasteiger partial charge in [-0.2, -0.15) is 0 Å². The lowest BCUT2D eigenvalue weighted by Gasteiger charge is -2.14. The fourth-order valence-corrected chi connectivity index (χ4v) is 3.69. The summed E-state index contributed by atoms with van der Waals surface area (Å²) in [6.45, 7) is 4.38. The third-order valence-electron chi connectivity index (χ3n) is 5.34. The van der Waals surface area contributed by atoms with Crippen molar-refractivity contribution in [1.82, 2.24) is 9.55 Å². The van der Waals surface area contributed by atoms with E-state index < -0.39 is 0 Å². The number of hydrogen-bond acceptors (Lipinski definition) is 3. The zero-order valence-electron chi connectivity index (χ0n) is 16.9. The quantitative estimate of drug-likeness (QED) is 0.338. The maximum Gasteiger partial charge on any atom is 0.200 e. The van der Waals surface area contributed by atoms with Gasteiger partial charge in [-0.1, -0.05) is 30.3 Å². The topological polar surface area (TPSA) is 52.0 Å². The van der Waals surface area contributed by atoms with Gasteiger partial charge < -0.3 is 4.57 Å². The number of rotatable bonds is 5. The number of aryl methyl sites for hydroxylation is 2. The van der Waals surface area contributed by atoms with Gasteiger partial charge in [0.2, 0.25) is 5.43 Å². The molecule has 0 radical (unpaired) electrons. The van der Waals surface area contributed by atoms with Gasteiger partial charge >= 0.3 is 0 Å². The van der Waals surface area contributed by atoms with E-state index in [4.69, 9.17) is 11.6 Å². The molecule has 0 saturated carbocycles. The Morgan fingerprint density at radius 2 is 1.73 bits per heavy atom. The molecule has 4 aromatic rings. The van der Waals surface area contributed by atoms with Crippen molar-refractivity contribution >= 4 is 28.3 Å². The molecule has 4 nitrogen and oxygen atoms in total. The van der Waals surface area contributed by atoms with Gasteiger partial charge in [-0.3, -0.25) is 14.6 Å². The zero-order valence-corrected chi connectivity index (χ0v) is 17.6. The van der Waals surface area contributed by atoms with E-state index in [0.29, 0.717) is 23.4 Å². The van der Waals surface area contributed by atoms with Crippen molar-refractivity contribution in [3.05, 3.63) is 111 Å². The summed E-state index contributed by atoms with van der Waals surface area (Å²) in [6, 6.07) is 18.5. The third kappa shape index (κ3) is 3.79. The van der Waals surface area contributed by atoms with Gasteiger partial charge in [-0.05, 0) is 55.3 Å². The smallest absolute Gasteiger partial charge is 0.200 e. The molecule has 0 fully saturated rings. The number of hydrogen-bond donors (Lipinski definition) is 0. The summed E-state index contributed by atoms with van der Waals surface area (Å²) in [5.74, 6) is 0.0556. The average Bonchev–Trinajstić information content (AvgIpc) is 2.77. The Bertz CT molecular complexity index is 1320. The van der Waals surface area contributed by atoms with Crippen LogP contribution in [0.25, 0.3) is 10.9 Å². The Morgan fingerprint density at radius 1 is 0.967 bits per heavy atom. The zero-order chi connectivity index (χ0) is 21.3. The van der Waals surface area contributed by atoms with E-state index in [1.165, 1.54) is 0 Å². The van der Waals surface area contributed by atoms with Crippen molar-refractivity contribution in [2.45, 2.75) is 26.3 Å². The number of nitrogens with zero attached hydrogens (tertiary/aromatic N) is 2. The highest BCUT2D eigenvalue weighted by Gasteiger charge is 2.18. The fourth-order valence-electron chi connectivity index (χ4n) is 3.54. The molecule has 0 N–H and O–H groups in total. The molecule has 4 rings (SSSR count). The van der Waals surface area contributed by atoms with Gasteiger partial charge in [0.05, 0.1) is 34.9 Å². The molecule has 150 valence electrons. The fraction of sp³-hybridized carbons (Fsp3) is 0.160. The first-order valence-electron chi connectivity index (χ1n) is 9.73. The van der Waals surface area contributed by atoms with E-state index in [1.54, 1.807) is 18.3 Å². The van der Waals surface area contributed by atoms with Crippen LogP contribution in [0.5, 0.6) is 0 Å². The molecule has 5 heteroatoms. The van der Waals surface area contributed by atoms with E-state index >= 15 is 0 Å². The minimum atomic E-state index is -0.273. The summed E-state index contributed by atoms with van der Waals surface area (Å²) in [7, 11) is 0.